The molecule has 0 aromatic rings. The van der Waals surface area contributed by atoms with E-state index in [0.717, 1.165) is 5.75 Å². The van der Waals surface area contributed by atoms with Gasteiger partial charge in [0, 0.05) is 18.8 Å². The van der Waals surface area contributed by atoms with Crippen molar-refractivity contribution in [3.63, 3.8) is 0 Å². The number of nitrogens with two attached hydrogens (primary N) is 1. The lowest BCUT2D eigenvalue weighted by Gasteiger charge is -2.24. The zero-order valence-electron chi connectivity index (χ0n) is 9.45. The van der Waals surface area contributed by atoms with E-state index in [0.29, 0.717) is 0 Å². The first-order chi connectivity index (χ1) is 7.02. The van der Waals surface area contributed by atoms with Crippen molar-refractivity contribution in [2.75, 3.05) is 32.1 Å². The molecule has 6 heteroatoms. The number of carbonyl (C=O) groups excluding carboxylic acids is 2. The number of amides is 2. The Morgan fingerprint density at radius 3 is 2.60 bits per heavy atom. The van der Waals surface area contributed by atoms with E-state index in [2.05, 4.69) is 5.32 Å². The predicted octanol–water partition coefficient (Wildman–Crippen LogP) is -0.729. The van der Waals surface area contributed by atoms with Gasteiger partial charge in [-0.05, 0) is 13.2 Å². The highest BCUT2D eigenvalue weighted by Gasteiger charge is 2.15. The molecular weight excluding hydrogens is 214 g/mol. The summed E-state index contributed by atoms with van der Waals surface area (Å²) in [5.41, 5.74) is 5.10. The summed E-state index contributed by atoms with van der Waals surface area (Å²) in [4.78, 5) is 24.0. The van der Waals surface area contributed by atoms with Crippen molar-refractivity contribution in [3.8, 4) is 0 Å². The number of carbonyl (C=O) groups is 2. The molecule has 0 aliphatic rings. The number of likely N-dealkylation sites (N-methyl/N-ethyl adjacent to an activating group) is 1. The van der Waals surface area contributed by atoms with Crippen LogP contribution in [0.4, 0.5) is 0 Å². The molecule has 0 spiro atoms. The second kappa shape index (κ2) is 7.53. The molecule has 0 radical (unpaired) electrons. The van der Waals surface area contributed by atoms with E-state index in [-0.39, 0.29) is 30.9 Å². The lowest BCUT2D eigenvalue weighted by molar-refractivity contribution is -0.132. The van der Waals surface area contributed by atoms with E-state index in [1.807, 2.05) is 13.2 Å². The summed E-state index contributed by atoms with van der Waals surface area (Å²) < 4.78 is 0. The fourth-order valence-electron chi connectivity index (χ4n) is 0.970. The molecule has 0 saturated heterocycles. The van der Waals surface area contributed by atoms with Gasteiger partial charge in [-0.1, -0.05) is 0 Å². The maximum atomic E-state index is 11.5. The van der Waals surface area contributed by atoms with Gasteiger partial charge in [-0.25, -0.2) is 0 Å². The molecule has 0 aliphatic carbocycles. The van der Waals surface area contributed by atoms with Crippen molar-refractivity contribution in [2.45, 2.75) is 13.0 Å². The van der Waals surface area contributed by atoms with Crippen LogP contribution in [0.15, 0.2) is 0 Å². The summed E-state index contributed by atoms with van der Waals surface area (Å²) in [7, 11) is 1.73. The van der Waals surface area contributed by atoms with Gasteiger partial charge in [0.15, 0.2) is 0 Å². The van der Waals surface area contributed by atoms with Crippen molar-refractivity contribution in [1.82, 2.24) is 10.2 Å². The third-order valence-corrected chi connectivity index (χ3v) is 2.90. The van der Waals surface area contributed by atoms with E-state index in [4.69, 9.17) is 5.73 Å². The molecule has 2 amide bonds. The largest absolute Gasteiger partial charge is 0.346 e. The fraction of sp³-hybridized carbons (Fsp3) is 0.778. The molecule has 88 valence electrons. The Kier molecular flexibility index (Phi) is 7.15. The van der Waals surface area contributed by atoms with Crippen LogP contribution in [0.5, 0.6) is 0 Å². The molecule has 5 nitrogen and oxygen atoms in total. The molecule has 0 aliphatic heterocycles. The molecule has 0 aromatic carbocycles. The fourth-order valence-corrected chi connectivity index (χ4v) is 1.68. The summed E-state index contributed by atoms with van der Waals surface area (Å²) in [5, 5.41) is 2.45. The predicted molar refractivity (Wildman–Crippen MR) is 62.7 cm³/mol. The number of rotatable bonds is 6. The van der Waals surface area contributed by atoms with Gasteiger partial charge in [0.05, 0.1) is 13.1 Å². The van der Waals surface area contributed by atoms with Gasteiger partial charge in [0.25, 0.3) is 0 Å². The Bertz CT molecular complexity index is 223. The van der Waals surface area contributed by atoms with Crippen LogP contribution in [0, 0.1) is 0 Å². The Hall–Kier alpha value is -0.750. The first-order valence-corrected chi connectivity index (χ1v) is 6.13. The topological polar surface area (TPSA) is 75.4 Å². The molecule has 0 bridgehead atoms. The second-order valence-electron chi connectivity index (χ2n) is 3.29. The van der Waals surface area contributed by atoms with Gasteiger partial charge in [0.2, 0.25) is 11.8 Å². The van der Waals surface area contributed by atoms with Gasteiger partial charge in [-0.2, -0.15) is 11.8 Å². The van der Waals surface area contributed by atoms with E-state index >= 15 is 0 Å². The second-order valence-corrected chi connectivity index (χ2v) is 4.20. The normalized spacial score (nSPS) is 12.0. The van der Waals surface area contributed by atoms with E-state index in [1.165, 1.54) is 0 Å². The Labute approximate surface area is 94.8 Å². The summed E-state index contributed by atoms with van der Waals surface area (Å²) in [6.07, 6.45) is 1.99. The minimum absolute atomic E-state index is 0.0191. The molecule has 15 heavy (non-hydrogen) atoms. The molecule has 0 fully saturated rings. The van der Waals surface area contributed by atoms with Crippen LogP contribution in [0.25, 0.3) is 0 Å². The average molecular weight is 233 g/mol. The smallest absolute Gasteiger partial charge is 0.241 e. The Morgan fingerprint density at radius 2 is 2.13 bits per heavy atom. The van der Waals surface area contributed by atoms with Gasteiger partial charge >= 0.3 is 0 Å². The minimum atomic E-state index is -0.311. The number of hydrogen-bond acceptors (Lipinski definition) is 4. The average Bonchev–Trinajstić information content (AvgIpc) is 2.24. The first-order valence-electron chi connectivity index (χ1n) is 4.74. The highest BCUT2D eigenvalue weighted by Crippen LogP contribution is 2.03. The SMILES string of the molecule is CSCC(C)N(C)C(=O)CNC(=O)CN. The van der Waals surface area contributed by atoms with Crippen molar-refractivity contribution >= 4 is 23.6 Å². The highest BCUT2D eigenvalue weighted by molar-refractivity contribution is 7.98. The molecule has 3 N–H and O–H groups in total. The first kappa shape index (κ1) is 14.2. The minimum Gasteiger partial charge on any atom is -0.346 e. The summed E-state index contributed by atoms with van der Waals surface area (Å²) in [6.45, 7) is 1.90. The van der Waals surface area contributed by atoms with Crippen molar-refractivity contribution in [3.05, 3.63) is 0 Å². The Balaban J connectivity index is 3.93. The van der Waals surface area contributed by atoms with Gasteiger partial charge in [-0.15, -0.1) is 0 Å². The molecule has 1 unspecified atom stereocenters. The van der Waals surface area contributed by atoms with Gasteiger partial charge < -0.3 is 16.0 Å². The van der Waals surface area contributed by atoms with E-state index in [9.17, 15) is 9.59 Å². The van der Waals surface area contributed by atoms with Crippen LogP contribution in [0.2, 0.25) is 0 Å². The van der Waals surface area contributed by atoms with Crippen LogP contribution < -0.4 is 11.1 Å². The molecular formula is C9H19N3O2S. The van der Waals surface area contributed by atoms with Crippen LogP contribution in [-0.2, 0) is 9.59 Å². The van der Waals surface area contributed by atoms with Crippen molar-refractivity contribution in [1.29, 1.82) is 0 Å². The van der Waals surface area contributed by atoms with Gasteiger partial charge in [0.1, 0.15) is 0 Å². The number of nitrogens with one attached hydrogen (secondary N) is 1. The van der Waals surface area contributed by atoms with Crippen molar-refractivity contribution in [2.24, 2.45) is 5.73 Å². The Morgan fingerprint density at radius 1 is 1.53 bits per heavy atom. The molecule has 0 aromatic heterocycles. The standard InChI is InChI=1S/C9H19N3O2S/c1-7(6-15-3)12(2)9(14)5-11-8(13)4-10/h7H,4-6,10H2,1-3H3,(H,11,13). The highest BCUT2D eigenvalue weighted by atomic mass is 32.2. The van der Waals surface area contributed by atoms with Crippen LogP contribution in [-0.4, -0.2) is 54.9 Å². The van der Waals surface area contributed by atoms with Gasteiger partial charge in [-0.3, -0.25) is 9.59 Å². The third kappa shape index (κ3) is 5.64. The number of nitrogens with zero attached hydrogens (tertiary/aromatic N) is 1. The molecule has 0 heterocycles. The maximum absolute atomic E-state index is 11.5. The monoisotopic (exact) mass is 233 g/mol. The summed E-state index contributed by atoms with van der Waals surface area (Å²) >= 11 is 1.68. The van der Waals surface area contributed by atoms with Crippen LogP contribution in [0.1, 0.15) is 6.92 Å². The van der Waals surface area contributed by atoms with Crippen LogP contribution >= 0.6 is 11.8 Å². The van der Waals surface area contributed by atoms with E-state index < -0.39 is 0 Å². The number of thioether (sulfide) groups is 1. The molecule has 1 atom stereocenters. The maximum Gasteiger partial charge on any atom is 0.241 e. The van der Waals surface area contributed by atoms with E-state index in [1.54, 1.807) is 23.7 Å². The lowest BCUT2D eigenvalue weighted by atomic mass is 10.3. The quantitative estimate of drug-likeness (QED) is 0.634. The lowest BCUT2D eigenvalue weighted by Crippen LogP contribution is -2.44. The molecule has 0 rings (SSSR count). The zero-order valence-corrected chi connectivity index (χ0v) is 10.3. The summed E-state index contributed by atoms with van der Waals surface area (Å²) in [6, 6.07) is 0.169. The zero-order chi connectivity index (χ0) is 11.8. The van der Waals surface area contributed by atoms with Crippen molar-refractivity contribution < 1.29 is 9.59 Å². The molecule has 0 saturated carbocycles. The third-order valence-electron chi connectivity index (χ3n) is 2.08. The number of hydrogen-bond donors (Lipinski definition) is 2. The summed E-state index contributed by atoms with van der Waals surface area (Å²) in [5.74, 6) is 0.472. The van der Waals surface area contributed by atoms with Crippen LogP contribution in [0.3, 0.4) is 0 Å².